The fraction of sp³-hybridized carbons (Fsp3) is 1.00. The van der Waals surface area contributed by atoms with Gasteiger partial charge in [0.15, 0.2) is 0 Å². The smallest absolute Gasteiger partial charge is 0.264 e. The highest BCUT2D eigenvalue weighted by Gasteiger charge is 2.68. The summed E-state index contributed by atoms with van der Waals surface area (Å²) in [5.74, 6) is 0. The largest absolute Gasteiger partial charge is 0.477 e. The molecule has 0 atom stereocenters. The lowest BCUT2D eigenvalue weighted by molar-refractivity contribution is -0.330. The van der Waals surface area contributed by atoms with Gasteiger partial charge in [-0.3, -0.25) is 13.6 Å². The molecule has 0 saturated carbocycles. The van der Waals surface area contributed by atoms with Crippen LogP contribution in [0.3, 0.4) is 0 Å². The number of hydrogen-bond donors (Lipinski definition) is 0. The Morgan fingerprint density at radius 2 is 0.500 bits per heavy atom. The van der Waals surface area contributed by atoms with Crippen LogP contribution in [0, 0.1) is 0 Å². The van der Waals surface area contributed by atoms with Crippen LogP contribution in [0.2, 0.25) is 0 Å². The van der Waals surface area contributed by atoms with Gasteiger partial charge in [0.2, 0.25) is 0 Å². The molecule has 0 saturated heterocycles. The van der Waals surface area contributed by atoms with Gasteiger partial charge in [0.05, 0.1) is 0 Å². The van der Waals surface area contributed by atoms with Crippen molar-refractivity contribution >= 4 is 7.82 Å². The topological polar surface area (TPSA) is 44.8 Å². The molecule has 4 nitrogen and oxygen atoms in total. The molecule has 0 aromatic rings. The lowest BCUT2D eigenvalue weighted by atomic mass is 10.3. The minimum Gasteiger partial charge on any atom is -0.264 e. The maximum Gasteiger partial charge on any atom is 0.477 e. The van der Waals surface area contributed by atoms with Crippen LogP contribution >= 0.6 is 7.82 Å². The fourth-order valence-corrected chi connectivity index (χ4v) is 3.02. The van der Waals surface area contributed by atoms with Crippen molar-refractivity contribution in [1.29, 1.82) is 0 Å². The molecule has 0 amide bonds. The Hall–Kier alpha value is -1.15. The minimum absolute atomic E-state index is 2.27. The second-order valence-corrected chi connectivity index (χ2v) is 6.68. The molecule has 0 radical (unpaired) electrons. The second-order valence-electron chi connectivity index (χ2n) is 5.15. The molecule has 0 heterocycles. The summed E-state index contributed by atoms with van der Waals surface area (Å²) in [7, 11) is -8.29. The van der Waals surface area contributed by atoms with Gasteiger partial charge in [-0.25, -0.2) is 4.57 Å². The molecular weight excluding hydrogens is 545 g/mol. The zero-order valence-electron chi connectivity index (χ0n) is 13.6. The van der Waals surface area contributed by atoms with E-state index in [0.29, 0.717) is 0 Å². The zero-order chi connectivity index (χ0) is 26.4. The third-order valence-corrected chi connectivity index (χ3v) is 3.89. The predicted molar refractivity (Wildman–Crippen MR) is 58.6 cm³/mol. The van der Waals surface area contributed by atoms with Gasteiger partial charge in [0.1, 0.15) is 0 Å². The molecule has 0 N–H and O–H groups in total. The van der Waals surface area contributed by atoms with Gasteiger partial charge in [-0.05, 0) is 0 Å². The average Bonchev–Trinajstić information content (AvgIpc) is 2.41. The molecule has 0 spiro atoms. The van der Waals surface area contributed by atoms with E-state index in [0.717, 1.165) is 0 Å². The van der Waals surface area contributed by atoms with Crippen molar-refractivity contribution < 1.29 is 97.2 Å². The predicted octanol–water partition coefficient (Wildman–Crippen LogP) is 6.62. The van der Waals surface area contributed by atoms with Crippen LogP contribution in [0.4, 0.5) is 79.0 Å². The number of phosphoric acid groups is 1. The Morgan fingerprint density at radius 1 is 0.375 bits per heavy atom. The van der Waals surface area contributed by atoms with E-state index in [1.165, 1.54) is 0 Å². The quantitative estimate of drug-likeness (QED) is 0.277. The summed E-state index contributed by atoms with van der Waals surface area (Å²) >= 11 is 0. The van der Waals surface area contributed by atoms with Gasteiger partial charge < -0.3 is 0 Å². The standard InChI is InChI=1S/C9H3F18O4P/c10-4(11,12)1(5(13,14)15)29-32(28,30-2(6(16,17)18)7(19,20)21)31-3(8(22,23)24)9(25,26)27/h1-3H. The van der Waals surface area contributed by atoms with E-state index in [-0.39, 0.29) is 0 Å². The monoisotopic (exact) mass is 548 g/mol. The number of rotatable bonds is 6. The van der Waals surface area contributed by atoms with Gasteiger partial charge in [-0.15, -0.1) is 0 Å². The van der Waals surface area contributed by atoms with Gasteiger partial charge >= 0.3 is 44.9 Å². The van der Waals surface area contributed by atoms with Crippen LogP contribution in [0.1, 0.15) is 0 Å². The van der Waals surface area contributed by atoms with Crippen molar-refractivity contribution in [2.75, 3.05) is 0 Å². The maximum atomic E-state index is 12.4. The first-order valence-electron chi connectivity index (χ1n) is 6.57. The van der Waals surface area contributed by atoms with E-state index in [9.17, 15) is 83.6 Å². The second kappa shape index (κ2) is 8.90. The van der Waals surface area contributed by atoms with E-state index in [4.69, 9.17) is 0 Å². The maximum absolute atomic E-state index is 12.4. The Bertz CT molecular complexity index is 533. The highest BCUT2D eigenvalue weighted by atomic mass is 31.2. The third kappa shape index (κ3) is 9.00. The van der Waals surface area contributed by atoms with Gasteiger partial charge in [-0.2, -0.15) is 79.0 Å². The Balaban J connectivity index is 6.72. The normalized spacial score (nSPS) is 15.9. The van der Waals surface area contributed by atoms with E-state index in [1.807, 2.05) is 0 Å². The Morgan fingerprint density at radius 3 is 0.594 bits per heavy atom. The van der Waals surface area contributed by atoms with E-state index in [1.54, 1.807) is 0 Å². The molecule has 32 heavy (non-hydrogen) atoms. The van der Waals surface area contributed by atoms with Gasteiger partial charge in [0, 0.05) is 0 Å². The highest BCUT2D eigenvalue weighted by molar-refractivity contribution is 7.48. The van der Waals surface area contributed by atoms with E-state index >= 15 is 0 Å². The summed E-state index contributed by atoms with van der Waals surface area (Å²) in [6.45, 7) is 0. The highest BCUT2D eigenvalue weighted by Crippen LogP contribution is 2.61. The lowest BCUT2D eigenvalue weighted by Crippen LogP contribution is -2.49. The SMILES string of the molecule is O=P(OC(C(F)(F)F)C(F)(F)F)(OC(C(F)(F)F)C(F)(F)F)OC(C(F)(F)F)C(F)(F)F. The van der Waals surface area contributed by atoms with Crippen LogP contribution in [-0.4, -0.2) is 55.4 Å². The minimum atomic E-state index is -8.29. The molecule has 0 aliphatic carbocycles. The molecular formula is C9H3F18O4P. The van der Waals surface area contributed by atoms with Gasteiger partial charge in [0.25, 0.3) is 18.3 Å². The van der Waals surface area contributed by atoms with Crippen molar-refractivity contribution in [2.45, 2.75) is 55.4 Å². The van der Waals surface area contributed by atoms with E-state index in [2.05, 4.69) is 13.6 Å². The van der Waals surface area contributed by atoms with Crippen molar-refractivity contribution in [3.8, 4) is 0 Å². The number of halogens is 18. The molecule has 0 aromatic carbocycles. The van der Waals surface area contributed by atoms with Crippen LogP contribution < -0.4 is 0 Å². The molecule has 0 unspecified atom stereocenters. The number of hydrogen-bond acceptors (Lipinski definition) is 4. The van der Waals surface area contributed by atoms with Crippen molar-refractivity contribution in [2.24, 2.45) is 0 Å². The van der Waals surface area contributed by atoms with Crippen LogP contribution in [-0.2, 0) is 18.1 Å². The van der Waals surface area contributed by atoms with Crippen LogP contribution in [0.15, 0.2) is 0 Å². The summed E-state index contributed by atoms with van der Waals surface area (Å²) in [4.78, 5) is 0. The summed E-state index contributed by atoms with van der Waals surface area (Å²) in [5, 5.41) is 0. The van der Waals surface area contributed by atoms with Crippen LogP contribution in [0.25, 0.3) is 0 Å². The van der Waals surface area contributed by atoms with Gasteiger partial charge in [-0.1, -0.05) is 0 Å². The van der Waals surface area contributed by atoms with Crippen molar-refractivity contribution in [1.82, 2.24) is 0 Å². The molecule has 0 rings (SSSR count). The third-order valence-electron chi connectivity index (χ3n) is 2.49. The Kier molecular flexibility index (Phi) is 8.58. The lowest BCUT2D eigenvalue weighted by Gasteiger charge is -2.33. The molecule has 194 valence electrons. The first-order valence-corrected chi connectivity index (χ1v) is 8.03. The molecule has 0 aliphatic heterocycles. The van der Waals surface area contributed by atoms with E-state index < -0.39 is 63.2 Å². The molecule has 0 aromatic heterocycles. The van der Waals surface area contributed by atoms with Crippen molar-refractivity contribution in [3.63, 3.8) is 0 Å². The first-order chi connectivity index (χ1) is 13.5. The Labute approximate surface area is 162 Å². The number of phosphoric ester groups is 1. The summed E-state index contributed by atoms with van der Waals surface area (Å²) in [5.41, 5.74) is 0. The molecule has 0 fully saturated rings. The molecule has 0 bridgehead atoms. The number of alkyl halides is 18. The summed E-state index contributed by atoms with van der Waals surface area (Å²) < 4.78 is 242. The molecule has 23 heteroatoms. The first kappa shape index (κ1) is 30.8. The van der Waals surface area contributed by atoms with Crippen LogP contribution in [0.5, 0.6) is 0 Å². The van der Waals surface area contributed by atoms with Crippen molar-refractivity contribution in [3.05, 3.63) is 0 Å². The average molecular weight is 548 g/mol. The fourth-order valence-electron chi connectivity index (χ4n) is 1.38. The summed E-state index contributed by atoms with van der Waals surface area (Å²) in [6, 6.07) is 0. The zero-order valence-corrected chi connectivity index (χ0v) is 14.5. The summed E-state index contributed by atoms with van der Waals surface area (Å²) in [6.07, 6.45) is -59.4. The molecule has 0 aliphatic rings.